The molecule has 1 aliphatic rings. The van der Waals surface area contributed by atoms with E-state index in [2.05, 4.69) is 22.3 Å². The van der Waals surface area contributed by atoms with Crippen LogP contribution in [0.5, 0.6) is 0 Å². The molecule has 0 radical (unpaired) electrons. The van der Waals surface area contributed by atoms with E-state index in [1.807, 2.05) is 0 Å². The van der Waals surface area contributed by atoms with Crippen molar-refractivity contribution in [2.45, 2.75) is 12.5 Å². The number of carbonyl (C=O) groups excluding carboxylic acids is 1. The molecule has 5 nitrogen and oxygen atoms in total. The molecule has 0 saturated carbocycles. The van der Waals surface area contributed by atoms with Gasteiger partial charge in [-0.2, -0.15) is 0 Å². The molecule has 1 fully saturated rings. The van der Waals surface area contributed by atoms with E-state index >= 15 is 0 Å². The standard InChI is InChI=1S/C8H12N4O/c1-11-3-2-8(5-11)12-4-7(6-13)9-10-12/h4,6,8H,2-3,5H2,1H3/t8-/m1/s1. The summed E-state index contributed by atoms with van der Waals surface area (Å²) in [5.41, 5.74) is 0.412. The third-order valence-electron chi connectivity index (χ3n) is 2.39. The zero-order valence-corrected chi connectivity index (χ0v) is 7.55. The molecular formula is C8H12N4O. The second-order valence-electron chi connectivity index (χ2n) is 3.45. The zero-order chi connectivity index (χ0) is 9.26. The van der Waals surface area contributed by atoms with Crippen LogP contribution >= 0.6 is 0 Å². The first-order valence-electron chi connectivity index (χ1n) is 4.35. The van der Waals surface area contributed by atoms with Gasteiger partial charge in [-0.1, -0.05) is 5.21 Å². The first kappa shape index (κ1) is 8.37. The van der Waals surface area contributed by atoms with E-state index in [1.165, 1.54) is 0 Å². The zero-order valence-electron chi connectivity index (χ0n) is 7.55. The predicted octanol–water partition coefficient (Wildman–Crippen LogP) is -0.0328. The number of likely N-dealkylation sites (N-methyl/N-ethyl adjacent to an activating group) is 1. The molecule has 1 aromatic rings. The number of likely N-dealkylation sites (tertiary alicyclic amines) is 1. The molecule has 1 saturated heterocycles. The molecule has 70 valence electrons. The van der Waals surface area contributed by atoms with Crippen LogP contribution in [0.4, 0.5) is 0 Å². The summed E-state index contributed by atoms with van der Waals surface area (Å²) >= 11 is 0. The number of aldehydes is 1. The maximum atomic E-state index is 10.4. The smallest absolute Gasteiger partial charge is 0.171 e. The minimum atomic E-state index is 0.381. The Morgan fingerprint density at radius 3 is 3.08 bits per heavy atom. The van der Waals surface area contributed by atoms with Gasteiger partial charge >= 0.3 is 0 Å². The lowest BCUT2D eigenvalue weighted by Gasteiger charge is -2.09. The summed E-state index contributed by atoms with van der Waals surface area (Å²) in [6.45, 7) is 2.07. The van der Waals surface area contributed by atoms with E-state index in [4.69, 9.17) is 0 Å². The lowest BCUT2D eigenvalue weighted by atomic mass is 10.3. The molecule has 0 spiro atoms. The molecule has 2 rings (SSSR count). The Morgan fingerprint density at radius 1 is 1.69 bits per heavy atom. The second kappa shape index (κ2) is 3.26. The number of hydrogen-bond acceptors (Lipinski definition) is 4. The van der Waals surface area contributed by atoms with Crippen LogP contribution in [0.15, 0.2) is 6.20 Å². The molecule has 0 amide bonds. The van der Waals surface area contributed by atoms with Gasteiger partial charge in [0.25, 0.3) is 0 Å². The minimum absolute atomic E-state index is 0.381. The van der Waals surface area contributed by atoms with Gasteiger partial charge in [0.1, 0.15) is 5.69 Å². The van der Waals surface area contributed by atoms with E-state index in [-0.39, 0.29) is 0 Å². The largest absolute Gasteiger partial charge is 0.304 e. The van der Waals surface area contributed by atoms with Gasteiger partial charge in [0.2, 0.25) is 0 Å². The van der Waals surface area contributed by atoms with Crippen molar-refractivity contribution in [2.75, 3.05) is 20.1 Å². The lowest BCUT2D eigenvalue weighted by molar-refractivity contribution is 0.111. The quantitative estimate of drug-likeness (QED) is 0.599. The summed E-state index contributed by atoms with van der Waals surface area (Å²) in [7, 11) is 2.08. The number of carbonyl (C=O) groups is 1. The van der Waals surface area contributed by atoms with Crippen molar-refractivity contribution in [3.8, 4) is 0 Å². The third-order valence-corrected chi connectivity index (χ3v) is 2.39. The van der Waals surface area contributed by atoms with Gasteiger partial charge in [-0.3, -0.25) is 4.79 Å². The summed E-state index contributed by atoms with van der Waals surface area (Å²) in [6, 6.07) is 0.381. The van der Waals surface area contributed by atoms with Crippen LogP contribution in [0.25, 0.3) is 0 Å². The summed E-state index contributed by atoms with van der Waals surface area (Å²) < 4.78 is 1.78. The fraction of sp³-hybridized carbons (Fsp3) is 0.625. The van der Waals surface area contributed by atoms with Crippen LogP contribution in [-0.2, 0) is 0 Å². The van der Waals surface area contributed by atoms with Crippen LogP contribution < -0.4 is 0 Å². The van der Waals surface area contributed by atoms with E-state index in [9.17, 15) is 4.79 Å². The monoisotopic (exact) mass is 180 g/mol. The summed E-state index contributed by atoms with van der Waals surface area (Å²) in [5, 5.41) is 7.64. The predicted molar refractivity (Wildman–Crippen MR) is 46.6 cm³/mol. The highest BCUT2D eigenvalue weighted by Gasteiger charge is 2.21. The molecule has 0 aliphatic carbocycles. The maximum Gasteiger partial charge on any atom is 0.171 e. The van der Waals surface area contributed by atoms with Crippen molar-refractivity contribution < 1.29 is 4.79 Å². The summed E-state index contributed by atoms with van der Waals surface area (Å²) in [5.74, 6) is 0. The van der Waals surface area contributed by atoms with Gasteiger partial charge in [-0.05, 0) is 20.0 Å². The molecule has 1 aliphatic heterocycles. The lowest BCUT2D eigenvalue weighted by Crippen LogP contribution is -2.16. The first-order chi connectivity index (χ1) is 6.29. The van der Waals surface area contributed by atoms with Crippen LogP contribution in [-0.4, -0.2) is 46.3 Å². The molecule has 1 aromatic heterocycles. The molecule has 5 heteroatoms. The van der Waals surface area contributed by atoms with Gasteiger partial charge < -0.3 is 4.90 Å². The topological polar surface area (TPSA) is 51.0 Å². The van der Waals surface area contributed by atoms with Crippen LogP contribution in [0.3, 0.4) is 0 Å². The van der Waals surface area contributed by atoms with Crippen LogP contribution in [0.2, 0.25) is 0 Å². The average molecular weight is 180 g/mol. The molecule has 1 atom stereocenters. The second-order valence-corrected chi connectivity index (χ2v) is 3.45. The van der Waals surface area contributed by atoms with Gasteiger partial charge in [0.05, 0.1) is 12.2 Å². The Hall–Kier alpha value is -1.23. The Morgan fingerprint density at radius 2 is 2.54 bits per heavy atom. The maximum absolute atomic E-state index is 10.4. The number of hydrogen-bond donors (Lipinski definition) is 0. The van der Waals surface area contributed by atoms with Gasteiger partial charge in [-0.15, -0.1) is 5.10 Å². The van der Waals surface area contributed by atoms with E-state index in [0.717, 1.165) is 25.8 Å². The molecule has 0 unspecified atom stereocenters. The molecule has 2 heterocycles. The van der Waals surface area contributed by atoms with Crippen molar-refractivity contribution in [1.29, 1.82) is 0 Å². The summed E-state index contributed by atoms with van der Waals surface area (Å²) in [4.78, 5) is 12.6. The highest BCUT2D eigenvalue weighted by molar-refractivity contribution is 5.70. The van der Waals surface area contributed by atoms with Crippen molar-refractivity contribution in [1.82, 2.24) is 19.9 Å². The molecule has 0 N–H and O–H groups in total. The van der Waals surface area contributed by atoms with Gasteiger partial charge in [0, 0.05) is 6.54 Å². The Labute approximate surface area is 76.3 Å². The van der Waals surface area contributed by atoms with E-state index in [1.54, 1.807) is 10.9 Å². The van der Waals surface area contributed by atoms with Crippen molar-refractivity contribution in [2.24, 2.45) is 0 Å². The highest BCUT2D eigenvalue weighted by atomic mass is 16.1. The molecular weight excluding hydrogens is 168 g/mol. The normalized spacial score (nSPS) is 23.6. The number of rotatable bonds is 2. The number of aromatic nitrogens is 3. The Kier molecular flexibility index (Phi) is 2.10. The fourth-order valence-corrected chi connectivity index (χ4v) is 1.65. The third kappa shape index (κ3) is 1.60. The SMILES string of the molecule is CN1CC[C@@H](n2cc(C=O)nn2)C1. The van der Waals surface area contributed by atoms with Crippen LogP contribution in [0, 0.1) is 0 Å². The number of nitrogens with zero attached hydrogens (tertiary/aromatic N) is 4. The van der Waals surface area contributed by atoms with Crippen molar-refractivity contribution in [3.63, 3.8) is 0 Å². The molecule has 0 bridgehead atoms. The van der Waals surface area contributed by atoms with Crippen molar-refractivity contribution >= 4 is 6.29 Å². The average Bonchev–Trinajstić information content (AvgIpc) is 2.71. The van der Waals surface area contributed by atoms with Crippen LogP contribution in [0.1, 0.15) is 23.0 Å². The van der Waals surface area contributed by atoms with E-state index in [0.29, 0.717) is 11.7 Å². The molecule has 13 heavy (non-hydrogen) atoms. The van der Waals surface area contributed by atoms with Gasteiger partial charge in [-0.25, -0.2) is 4.68 Å². The van der Waals surface area contributed by atoms with E-state index < -0.39 is 0 Å². The van der Waals surface area contributed by atoms with Crippen molar-refractivity contribution in [3.05, 3.63) is 11.9 Å². The fourth-order valence-electron chi connectivity index (χ4n) is 1.65. The first-order valence-corrected chi connectivity index (χ1v) is 4.35. The summed E-state index contributed by atoms with van der Waals surface area (Å²) in [6.07, 6.45) is 3.51. The Bertz CT molecular complexity index is 309. The Balaban J connectivity index is 2.12. The van der Waals surface area contributed by atoms with Gasteiger partial charge in [0.15, 0.2) is 6.29 Å². The molecule has 0 aromatic carbocycles. The minimum Gasteiger partial charge on any atom is -0.304 e. The highest BCUT2D eigenvalue weighted by Crippen LogP contribution is 2.18.